The number of hydrogen-bond acceptors (Lipinski definition) is 8. The van der Waals surface area contributed by atoms with Gasteiger partial charge in [-0.1, -0.05) is 23.9 Å². The molecule has 1 aliphatic rings. The van der Waals surface area contributed by atoms with E-state index in [9.17, 15) is 9.59 Å². The Balaban J connectivity index is 1.87. The molecular formula is C24H36N2O4S3. The van der Waals surface area contributed by atoms with Gasteiger partial charge in [-0.15, -0.1) is 11.8 Å². The van der Waals surface area contributed by atoms with Gasteiger partial charge >= 0.3 is 0 Å². The van der Waals surface area contributed by atoms with Gasteiger partial charge in [-0.05, 0) is 59.0 Å². The van der Waals surface area contributed by atoms with Gasteiger partial charge in [-0.3, -0.25) is 14.5 Å². The van der Waals surface area contributed by atoms with Crippen molar-refractivity contribution in [2.75, 3.05) is 52.3 Å². The highest BCUT2D eigenvalue weighted by Crippen LogP contribution is 2.29. The van der Waals surface area contributed by atoms with E-state index >= 15 is 0 Å². The molecule has 0 N–H and O–H groups in total. The van der Waals surface area contributed by atoms with Gasteiger partial charge < -0.3 is 14.4 Å². The van der Waals surface area contributed by atoms with Crippen molar-refractivity contribution in [2.24, 2.45) is 0 Å². The van der Waals surface area contributed by atoms with Crippen LogP contribution in [-0.2, 0) is 14.3 Å². The second kappa shape index (κ2) is 12.5. The highest BCUT2D eigenvalue weighted by atomic mass is 32.2. The van der Waals surface area contributed by atoms with E-state index in [2.05, 4.69) is 4.90 Å². The van der Waals surface area contributed by atoms with Crippen LogP contribution in [0.3, 0.4) is 0 Å². The monoisotopic (exact) mass is 512 g/mol. The zero-order valence-corrected chi connectivity index (χ0v) is 23.0. The first-order valence-electron chi connectivity index (χ1n) is 11.2. The zero-order valence-electron chi connectivity index (χ0n) is 20.5. The molecule has 2 rings (SSSR count). The summed E-state index contributed by atoms with van der Waals surface area (Å²) in [6.45, 7) is 13.5. The molecule has 0 saturated carbocycles. The lowest BCUT2D eigenvalue weighted by molar-refractivity contribution is -0.131. The maximum atomic E-state index is 13.1. The molecule has 9 heteroatoms. The van der Waals surface area contributed by atoms with Crippen molar-refractivity contribution in [3.63, 3.8) is 0 Å². The molecular weight excluding hydrogens is 476 g/mol. The number of amides is 1. The molecule has 0 aliphatic carbocycles. The molecule has 0 atom stereocenters. The molecule has 184 valence electrons. The summed E-state index contributed by atoms with van der Waals surface area (Å²) < 4.78 is 10.4. The molecule has 0 radical (unpaired) electrons. The van der Waals surface area contributed by atoms with E-state index in [-0.39, 0.29) is 11.7 Å². The molecule has 0 unspecified atom stereocenters. The Morgan fingerprint density at radius 2 is 1.76 bits per heavy atom. The number of nitrogens with zero attached hydrogens (tertiary/aromatic N) is 2. The molecule has 1 aromatic rings. The van der Waals surface area contributed by atoms with Crippen molar-refractivity contribution >= 4 is 51.8 Å². The average molecular weight is 513 g/mol. The Hall–Kier alpha value is -1.13. The summed E-state index contributed by atoms with van der Waals surface area (Å²) in [7, 11) is 1.81. The van der Waals surface area contributed by atoms with Crippen LogP contribution in [0.2, 0.25) is 0 Å². The number of carbonyl (C=O) groups is 2. The summed E-state index contributed by atoms with van der Waals surface area (Å²) in [5.74, 6) is 0.892. The third kappa shape index (κ3) is 7.96. The Bertz CT molecular complexity index is 822. The predicted octanol–water partition coefficient (Wildman–Crippen LogP) is 4.36. The topological polar surface area (TPSA) is 59.1 Å². The Morgan fingerprint density at radius 1 is 1.15 bits per heavy atom. The number of morpholine rings is 1. The van der Waals surface area contributed by atoms with Crippen LogP contribution in [0.25, 0.3) is 0 Å². The van der Waals surface area contributed by atoms with Crippen molar-refractivity contribution in [1.29, 1.82) is 0 Å². The van der Waals surface area contributed by atoms with Crippen LogP contribution < -0.4 is 0 Å². The van der Waals surface area contributed by atoms with Crippen LogP contribution >= 0.6 is 35.7 Å². The van der Waals surface area contributed by atoms with Crippen LogP contribution in [0.15, 0.2) is 29.2 Å². The van der Waals surface area contributed by atoms with Gasteiger partial charge in [-0.2, -0.15) is 0 Å². The fraction of sp³-hybridized carbons (Fsp3) is 0.625. The van der Waals surface area contributed by atoms with Crippen LogP contribution in [0.1, 0.15) is 45.0 Å². The second-order valence-electron chi connectivity index (χ2n) is 8.88. The van der Waals surface area contributed by atoms with Crippen molar-refractivity contribution in [2.45, 2.75) is 49.8 Å². The van der Waals surface area contributed by atoms with E-state index in [0.29, 0.717) is 36.3 Å². The van der Waals surface area contributed by atoms with E-state index in [1.807, 2.05) is 65.9 Å². The summed E-state index contributed by atoms with van der Waals surface area (Å²) in [5.41, 5.74) is 0.156. The number of carbonyl (C=O) groups excluding carboxylic acids is 2. The number of ketones is 1. The molecule has 1 aromatic carbocycles. The molecule has 1 saturated heterocycles. The highest BCUT2D eigenvalue weighted by Gasteiger charge is 2.36. The largest absolute Gasteiger partial charge is 0.479 e. The van der Waals surface area contributed by atoms with E-state index in [1.54, 1.807) is 16.7 Å². The highest BCUT2D eigenvalue weighted by molar-refractivity contribution is 8.23. The molecule has 0 aromatic heterocycles. The maximum Gasteiger partial charge on any atom is 0.238 e. The molecule has 0 bridgehead atoms. The molecule has 1 amide bonds. The van der Waals surface area contributed by atoms with Gasteiger partial charge in [0, 0.05) is 42.9 Å². The SMILES string of the molecule is CCOC(=S)SC(C)(C)C(=O)N(C)CCSc1ccc(C(=O)C(C)(C)N2CCOCC2)cc1. The summed E-state index contributed by atoms with van der Waals surface area (Å²) in [6.07, 6.45) is 0. The van der Waals surface area contributed by atoms with Crippen molar-refractivity contribution in [3.05, 3.63) is 29.8 Å². The summed E-state index contributed by atoms with van der Waals surface area (Å²) in [5, 5.41) is 0. The minimum Gasteiger partial charge on any atom is -0.479 e. The van der Waals surface area contributed by atoms with E-state index in [0.717, 1.165) is 23.7 Å². The fourth-order valence-electron chi connectivity index (χ4n) is 3.58. The van der Waals surface area contributed by atoms with Gasteiger partial charge in [-0.25, -0.2) is 0 Å². The van der Waals surface area contributed by atoms with Crippen LogP contribution in [0.4, 0.5) is 0 Å². The van der Waals surface area contributed by atoms with Crippen molar-refractivity contribution in [1.82, 2.24) is 9.80 Å². The molecule has 1 heterocycles. The molecule has 1 fully saturated rings. The van der Waals surface area contributed by atoms with Crippen LogP contribution in [-0.4, -0.2) is 88.4 Å². The number of benzene rings is 1. The van der Waals surface area contributed by atoms with Gasteiger partial charge in [0.05, 0.1) is 30.1 Å². The number of Topliss-reactive ketones (excluding diaryl/α,β-unsaturated/α-hetero) is 1. The third-order valence-corrected chi connectivity index (χ3v) is 7.96. The standard InChI is InChI=1S/C24H36N2O4S3/c1-7-30-22(31)33-24(4,5)21(28)25(6)14-17-32-19-10-8-18(9-11-19)20(27)23(2,3)26-12-15-29-16-13-26/h8-11H,7,12-17H2,1-6H3. The lowest BCUT2D eigenvalue weighted by Crippen LogP contribution is -2.54. The number of rotatable bonds is 10. The zero-order chi connectivity index (χ0) is 24.6. The summed E-state index contributed by atoms with van der Waals surface area (Å²) >= 11 is 8.12. The minimum absolute atomic E-state index is 0.0152. The Labute approximate surface area is 212 Å². The summed E-state index contributed by atoms with van der Waals surface area (Å²) in [4.78, 5) is 30.9. The van der Waals surface area contributed by atoms with Gasteiger partial charge in [0.1, 0.15) is 0 Å². The molecule has 6 nitrogen and oxygen atoms in total. The number of thioether (sulfide) groups is 2. The van der Waals surface area contributed by atoms with Gasteiger partial charge in [0.25, 0.3) is 0 Å². The lowest BCUT2D eigenvalue weighted by atomic mass is 9.91. The first-order valence-corrected chi connectivity index (χ1v) is 13.4. The maximum absolute atomic E-state index is 13.1. The van der Waals surface area contributed by atoms with E-state index in [4.69, 9.17) is 21.7 Å². The lowest BCUT2D eigenvalue weighted by Gasteiger charge is -2.39. The van der Waals surface area contributed by atoms with Crippen molar-refractivity contribution in [3.8, 4) is 0 Å². The Morgan fingerprint density at radius 3 is 2.33 bits per heavy atom. The first kappa shape index (κ1) is 28.1. The normalized spacial score (nSPS) is 15.2. The quantitative estimate of drug-likeness (QED) is 0.260. The number of thiocarbonyl (C=S) groups is 1. The Kier molecular flexibility index (Phi) is 10.7. The average Bonchev–Trinajstić information content (AvgIpc) is 2.78. The predicted molar refractivity (Wildman–Crippen MR) is 141 cm³/mol. The molecule has 33 heavy (non-hydrogen) atoms. The van der Waals surface area contributed by atoms with Gasteiger partial charge in [0.2, 0.25) is 10.3 Å². The van der Waals surface area contributed by atoms with Crippen molar-refractivity contribution < 1.29 is 19.1 Å². The molecule has 0 spiro atoms. The number of hydrogen-bond donors (Lipinski definition) is 0. The first-order chi connectivity index (χ1) is 15.5. The minimum atomic E-state index is -0.680. The molecule has 1 aliphatic heterocycles. The number of ether oxygens (including phenoxy) is 2. The summed E-state index contributed by atoms with van der Waals surface area (Å²) in [6, 6.07) is 7.76. The van der Waals surface area contributed by atoms with E-state index in [1.165, 1.54) is 11.8 Å². The third-order valence-electron chi connectivity index (χ3n) is 5.63. The van der Waals surface area contributed by atoms with Crippen LogP contribution in [0.5, 0.6) is 0 Å². The van der Waals surface area contributed by atoms with Crippen LogP contribution in [0, 0.1) is 0 Å². The van der Waals surface area contributed by atoms with E-state index < -0.39 is 10.3 Å². The van der Waals surface area contributed by atoms with Gasteiger partial charge in [0.15, 0.2) is 5.78 Å². The second-order valence-corrected chi connectivity index (χ2v) is 12.3. The smallest absolute Gasteiger partial charge is 0.238 e. The fourth-order valence-corrected chi connectivity index (χ4v) is 6.09.